The molecule has 4 aromatic rings. The molecule has 0 radical (unpaired) electrons. The first kappa shape index (κ1) is 17.0. The second kappa shape index (κ2) is 7.03. The number of carbonyl (C=O) groups excluding carboxylic acids is 1. The predicted octanol–water partition coefficient (Wildman–Crippen LogP) is 4.03. The van der Waals surface area contributed by atoms with Crippen LogP contribution < -0.4 is 5.32 Å². The van der Waals surface area contributed by atoms with Gasteiger partial charge in [0, 0.05) is 23.0 Å². The number of anilines is 1. The van der Waals surface area contributed by atoms with Gasteiger partial charge in [-0.25, -0.2) is 4.39 Å². The van der Waals surface area contributed by atoms with E-state index in [4.69, 9.17) is 4.42 Å². The molecule has 2 aromatic heterocycles. The van der Waals surface area contributed by atoms with Crippen molar-refractivity contribution in [2.24, 2.45) is 0 Å². The number of hydrogen-bond donors (Lipinski definition) is 1. The Morgan fingerprint density at radius 3 is 2.78 bits per heavy atom. The Morgan fingerprint density at radius 2 is 2.00 bits per heavy atom. The average Bonchev–Trinajstić information content (AvgIpc) is 3.26. The summed E-state index contributed by atoms with van der Waals surface area (Å²) in [5.74, 6) is 0.212. The van der Waals surface area contributed by atoms with Gasteiger partial charge in [-0.2, -0.15) is 0 Å². The van der Waals surface area contributed by atoms with E-state index < -0.39 is 5.82 Å². The van der Waals surface area contributed by atoms with Crippen molar-refractivity contribution < 1.29 is 13.6 Å². The Hall–Kier alpha value is -3.48. The van der Waals surface area contributed by atoms with Crippen molar-refractivity contribution in [2.75, 3.05) is 5.32 Å². The molecular weight excluding hydrogens is 347 g/mol. The Morgan fingerprint density at radius 1 is 1.15 bits per heavy atom. The molecule has 0 unspecified atom stereocenters. The summed E-state index contributed by atoms with van der Waals surface area (Å²) in [6.45, 7) is 1.96. The van der Waals surface area contributed by atoms with Gasteiger partial charge >= 0.3 is 0 Å². The first-order valence-electron chi connectivity index (χ1n) is 8.60. The van der Waals surface area contributed by atoms with E-state index in [2.05, 4.69) is 15.5 Å². The zero-order valence-corrected chi connectivity index (χ0v) is 14.6. The largest absolute Gasteiger partial charge is 0.419 e. The normalized spacial score (nSPS) is 11.0. The number of carbonyl (C=O) groups is 1. The molecule has 1 N–H and O–H groups in total. The van der Waals surface area contributed by atoms with Gasteiger partial charge in [0.15, 0.2) is 0 Å². The van der Waals surface area contributed by atoms with Crippen molar-refractivity contribution >= 4 is 22.5 Å². The van der Waals surface area contributed by atoms with Gasteiger partial charge in [-0.05, 0) is 30.3 Å². The summed E-state index contributed by atoms with van der Waals surface area (Å²) >= 11 is 0. The van der Waals surface area contributed by atoms with Crippen molar-refractivity contribution in [3.63, 3.8) is 0 Å². The molecule has 136 valence electrons. The number of aromatic nitrogens is 3. The van der Waals surface area contributed by atoms with E-state index in [0.29, 0.717) is 29.6 Å². The third-order valence-electron chi connectivity index (χ3n) is 4.21. The molecule has 0 fully saturated rings. The Bertz CT molecular complexity index is 1120. The van der Waals surface area contributed by atoms with Crippen molar-refractivity contribution in [3.8, 4) is 11.6 Å². The summed E-state index contributed by atoms with van der Waals surface area (Å²) in [6, 6.07) is 15.4. The standard InChI is InChI=1S/C20H17FN4O2/c1-2-19-23-24-20(27-19)17-10-13-6-3-4-9-16(13)25(17)12-18(26)22-15-8-5-7-14(21)11-15/h3-11H,2,12H2,1H3,(H,22,26). The lowest BCUT2D eigenvalue weighted by Crippen LogP contribution is -2.19. The van der Waals surface area contributed by atoms with Crippen molar-refractivity contribution in [1.29, 1.82) is 0 Å². The minimum atomic E-state index is -0.405. The van der Waals surface area contributed by atoms with Crippen molar-refractivity contribution in [1.82, 2.24) is 14.8 Å². The molecule has 4 rings (SSSR count). The van der Waals surface area contributed by atoms with E-state index in [1.165, 1.54) is 12.1 Å². The van der Waals surface area contributed by atoms with E-state index in [9.17, 15) is 9.18 Å². The number of aryl methyl sites for hydroxylation is 1. The SMILES string of the molecule is CCc1nnc(-c2cc3ccccc3n2CC(=O)Nc2cccc(F)c2)o1. The average molecular weight is 364 g/mol. The number of nitrogens with zero attached hydrogens (tertiary/aromatic N) is 3. The van der Waals surface area contributed by atoms with Gasteiger partial charge in [-0.15, -0.1) is 10.2 Å². The minimum absolute atomic E-state index is 0.0310. The molecule has 0 aliphatic carbocycles. The van der Waals surface area contributed by atoms with Gasteiger partial charge in [0.25, 0.3) is 5.89 Å². The quantitative estimate of drug-likeness (QED) is 0.580. The fourth-order valence-electron chi connectivity index (χ4n) is 2.97. The maximum Gasteiger partial charge on any atom is 0.264 e. The number of nitrogens with one attached hydrogen (secondary N) is 1. The smallest absolute Gasteiger partial charge is 0.264 e. The van der Waals surface area contributed by atoms with Gasteiger partial charge in [0.2, 0.25) is 11.8 Å². The number of para-hydroxylation sites is 1. The van der Waals surface area contributed by atoms with Gasteiger partial charge in [0.05, 0.1) is 0 Å². The lowest BCUT2D eigenvalue weighted by atomic mass is 10.2. The van der Waals surface area contributed by atoms with Crippen LogP contribution in [0.25, 0.3) is 22.5 Å². The molecule has 0 spiro atoms. The van der Waals surface area contributed by atoms with Gasteiger partial charge in [0.1, 0.15) is 18.1 Å². The minimum Gasteiger partial charge on any atom is -0.419 e. The molecule has 0 aliphatic rings. The molecule has 0 atom stereocenters. The molecular formula is C20H17FN4O2. The van der Waals surface area contributed by atoms with Crippen molar-refractivity contribution in [3.05, 3.63) is 66.3 Å². The van der Waals surface area contributed by atoms with Crippen LogP contribution in [-0.4, -0.2) is 20.7 Å². The molecule has 2 heterocycles. The van der Waals surface area contributed by atoms with Crippen LogP contribution in [0.4, 0.5) is 10.1 Å². The van der Waals surface area contributed by atoms with Crippen LogP contribution in [-0.2, 0) is 17.8 Å². The third kappa shape index (κ3) is 3.44. The fourth-order valence-corrected chi connectivity index (χ4v) is 2.97. The van der Waals surface area contributed by atoms with Crippen LogP contribution in [0, 0.1) is 5.82 Å². The zero-order valence-electron chi connectivity index (χ0n) is 14.6. The topological polar surface area (TPSA) is 73.0 Å². The number of hydrogen-bond acceptors (Lipinski definition) is 4. The molecule has 2 aromatic carbocycles. The highest BCUT2D eigenvalue weighted by molar-refractivity contribution is 5.93. The van der Waals surface area contributed by atoms with Crippen LogP contribution in [0.2, 0.25) is 0 Å². The molecule has 0 bridgehead atoms. The summed E-state index contributed by atoms with van der Waals surface area (Å²) in [5, 5.41) is 11.8. The molecule has 27 heavy (non-hydrogen) atoms. The molecule has 7 heteroatoms. The molecule has 0 saturated heterocycles. The van der Waals surface area contributed by atoms with Crippen LogP contribution in [0.3, 0.4) is 0 Å². The van der Waals surface area contributed by atoms with Gasteiger partial charge in [-0.3, -0.25) is 4.79 Å². The summed E-state index contributed by atoms with van der Waals surface area (Å²) in [5.41, 5.74) is 1.94. The summed E-state index contributed by atoms with van der Waals surface area (Å²) in [4.78, 5) is 12.6. The second-order valence-electron chi connectivity index (χ2n) is 6.09. The van der Waals surface area contributed by atoms with Crippen LogP contribution in [0.1, 0.15) is 12.8 Å². The number of rotatable bonds is 5. The number of amides is 1. The maximum absolute atomic E-state index is 13.3. The highest BCUT2D eigenvalue weighted by atomic mass is 19.1. The highest BCUT2D eigenvalue weighted by Crippen LogP contribution is 2.27. The van der Waals surface area contributed by atoms with E-state index in [-0.39, 0.29) is 12.5 Å². The second-order valence-corrected chi connectivity index (χ2v) is 6.09. The van der Waals surface area contributed by atoms with Gasteiger partial charge in [-0.1, -0.05) is 31.2 Å². The summed E-state index contributed by atoms with van der Waals surface area (Å²) < 4.78 is 20.8. The van der Waals surface area contributed by atoms with Crippen LogP contribution >= 0.6 is 0 Å². The lowest BCUT2D eigenvalue weighted by molar-refractivity contribution is -0.116. The molecule has 0 saturated carbocycles. The van der Waals surface area contributed by atoms with E-state index >= 15 is 0 Å². The molecule has 1 amide bonds. The number of benzene rings is 2. The van der Waals surface area contributed by atoms with Crippen LogP contribution in [0.15, 0.2) is 59.0 Å². The van der Waals surface area contributed by atoms with Crippen molar-refractivity contribution in [2.45, 2.75) is 19.9 Å². The number of fused-ring (bicyclic) bond motifs is 1. The zero-order chi connectivity index (χ0) is 18.8. The lowest BCUT2D eigenvalue weighted by Gasteiger charge is -2.10. The van der Waals surface area contributed by atoms with E-state index in [1.807, 2.05) is 41.8 Å². The first-order chi connectivity index (χ1) is 13.1. The predicted molar refractivity (Wildman–Crippen MR) is 99.6 cm³/mol. The summed E-state index contributed by atoms with van der Waals surface area (Å²) in [6.07, 6.45) is 0.632. The highest BCUT2D eigenvalue weighted by Gasteiger charge is 2.18. The molecule has 6 nitrogen and oxygen atoms in total. The monoisotopic (exact) mass is 364 g/mol. The first-order valence-corrected chi connectivity index (χ1v) is 8.60. The van der Waals surface area contributed by atoms with E-state index in [1.54, 1.807) is 12.1 Å². The Labute approximate surface area is 154 Å². The summed E-state index contributed by atoms with van der Waals surface area (Å²) in [7, 11) is 0. The Balaban J connectivity index is 1.69. The van der Waals surface area contributed by atoms with Crippen LogP contribution in [0.5, 0.6) is 0 Å². The maximum atomic E-state index is 13.3. The van der Waals surface area contributed by atoms with Gasteiger partial charge < -0.3 is 14.3 Å². The van der Waals surface area contributed by atoms with E-state index in [0.717, 1.165) is 10.9 Å². The third-order valence-corrected chi connectivity index (χ3v) is 4.21. The number of halogens is 1. The fraction of sp³-hybridized carbons (Fsp3) is 0.150. The molecule has 0 aliphatic heterocycles. The Kier molecular flexibility index (Phi) is 4.42.